The van der Waals surface area contributed by atoms with Crippen LogP contribution in [-0.4, -0.2) is 32.9 Å². The van der Waals surface area contributed by atoms with E-state index in [1.54, 1.807) is 0 Å². The van der Waals surface area contributed by atoms with Crippen molar-refractivity contribution in [3.63, 3.8) is 0 Å². The quantitative estimate of drug-likeness (QED) is 0.762. The van der Waals surface area contributed by atoms with Gasteiger partial charge in [-0.1, -0.05) is 0 Å². The number of methoxy groups -OCH3 is 1. The molecule has 2 aromatic heterocycles. The molecule has 0 bridgehead atoms. The zero-order valence-corrected chi connectivity index (χ0v) is 9.44. The number of H-pyrrole nitrogens is 1. The van der Waals surface area contributed by atoms with E-state index in [4.69, 9.17) is 10.5 Å². The number of fused-ring (bicyclic) bond motifs is 1. The molecule has 0 saturated heterocycles. The summed E-state index contributed by atoms with van der Waals surface area (Å²) in [5.74, 6) is 0.331. The molecule has 0 aromatic carbocycles. The molecule has 7 nitrogen and oxygen atoms in total. The monoisotopic (exact) mass is 239 g/mol. The highest BCUT2D eigenvalue weighted by atomic mass is 31.1. The van der Waals surface area contributed by atoms with Gasteiger partial charge in [-0.15, -0.1) is 0 Å². The fourth-order valence-electron chi connectivity index (χ4n) is 1.31. The highest BCUT2D eigenvalue weighted by molar-refractivity contribution is 7.24. The van der Waals surface area contributed by atoms with Crippen LogP contribution in [0.25, 0.3) is 11.2 Å². The maximum Gasteiger partial charge on any atom is 0.187 e. The Morgan fingerprint density at radius 1 is 1.62 bits per heavy atom. The van der Waals surface area contributed by atoms with Gasteiger partial charge in [0.25, 0.3) is 0 Å². The molecule has 16 heavy (non-hydrogen) atoms. The fraction of sp³-hybridized carbons (Fsp3) is 0.375. The van der Waals surface area contributed by atoms with Gasteiger partial charge in [-0.25, -0.2) is 15.0 Å². The van der Waals surface area contributed by atoms with E-state index in [1.165, 1.54) is 13.4 Å². The van der Waals surface area contributed by atoms with E-state index in [0.29, 0.717) is 29.2 Å². The first-order valence-electron chi connectivity index (χ1n) is 4.55. The summed E-state index contributed by atoms with van der Waals surface area (Å²) in [4.78, 5) is 15.1. The summed E-state index contributed by atoms with van der Waals surface area (Å²) in [5.41, 5.74) is 6.83. The topological polar surface area (TPSA) is 107 Å². The molecule has 0 spiro atoms. The molecule has 8 heteroatoms. The van der Waals surface area contributed by atoms with Gasteiger partial charge < -0.3 is 15.5 Å². The molecule has 1 atom stereocenters. The Morgan fingerprint density at radius 3 is 3.12 bits per heavy atom. The van der Waals surface area contributed by atoms with E-state index < -0.39 is 5.85 Å². The SMILES string of the molecule is COC(Cc1nc(N)c2[nH]cnc2n1)P=O. The molecule has 0 saturated carbocycles. The lowest BCUT2D eigenvalue weighted by atomic mass is 10.4. The number of hydrogen-bond acceptors (Lipinski definition) is 6. The summed E-state index contributed by atoms with van der Waals surface area (Å²) in [6.45, 7) is 0. The van der Waals surface area contributed by atoms with Crippen LogP contribution in [0, 0.1) is 0 Å². The first-order valence-corrected chi connectivity index (χ1v) is 5.43. The zero-order chi connectivity index (χ0) is 11.5. The fourth-order valence-corrected chi connectivity index (χ4v) is 1.64. The lowest BCUT2D eigenvalue weighted by molar-refractivity contribution is 0.166. The van der Waals surface area contributed by atoms with Crippen LogP contribution in [0.4, 0.5) is 5.82 Å². The van der Waals surface area contributed by atoms with Gasteiger partial charge >= 0.3 is 0 Å². The molecular weight excluding hydrogens is 229 g/mol. The van der Waals surface area contributed by atoms with Gasteiger partial charge in [-0.3, -0.25) is 4.57 Å². The Labute approximate surface area is 92.6 Å². The van der Waals surface area contributed by atoms with E-state index in [9.17, 15) is 4.57 Å². The third-order valence-electron chi connectivity index (χ3n) is 2.11. The van der Waals surface area contributed by atoms with Crippen LogP contribution in [0.1, 0.15) is 5.82 Å². The third-order valence-corrected chi connectivity index (χ3v) is 2.74. The number of nitrogens with zero attached hydrogens (tertiary/aromatic N) is 3. The number of anilines is 1. The van der Waals surface area contributed by atoms with Crippen LogP contribution in [0.5, 0.6) is 0 Å². The van der Waals surface area contributed by atoms with E-state index in [-0.39, 0.29) is 8.46 Å². The summed E-state index contributed by atoms with van der Waals surface area (Å²) in [6.07, 6.45) is 1.83. The Bertz CT molecular complexity index is 514. The Balaban J connectivity index is 2.34. The first-order chi connectivity index (χ1) is 7.74. The second-order valence-electron chi connectivity index (χ2n) is 3.13. The minimum atomic E-state index is -0.462. The van der Waals surface area contributed by atoms with Crippen LogP contribution in [0.2, 0.25) is 0 Å². The molecule has 2 heterocycles. The van der Waals surface area contributed by atoms with Crippen molar-refractivity contribution in [2.75, 3.05) is 12.8 Å². The van der Waals surface area contributed by atoms with Gasteiger partial charge in [-0.05, 0) is 0 Å². The minimum absolute atomic E-state index is 0.104. The molecule has 84 valence electrons. The molecule has 3 N–H and O–H groups in total. The van der Waals surface area contributed by atoms with Crippen molar-refractivity contribution in [1.82, 2.24) is 19.9 Å². The van der Waals surface area contributed by atoms with Gasteiger partial charge in [0.1, 0.15) is 17.2 Å². The highest BCUT2D eigenvalue weighted by Gasteiger charge is 2.13. The molecular formula is C8H10N5O2P. The van der Waals surface area contributed by atoms with E-state index >= 15 is 0 Å². The van der Waals surface area contributed by atoms with Crippen LogP contribution in [0.3, 0.4) is 0 Å². The molecule has 0 radical (unpaired) electrons. The molecule has 0 aliphatic rings. The normalized spacial score (nSPS) is 13.3. The van der Waals surface area contributed by atoms with Crippen LogP contribution < -0.4 is 5.73 Å². The predicted octanol–water partition coefficient (Wildman–Crippen LogP) is 0.742. The van der Waals surface area contributed by atoms with Crippen molar-refractivity contribution in [2.45, 2.75) is 12.3 Å². The van der Waals surface area contributed by atoms with Crippen LogP contribution in [-0.2, 0) is 15.7 Å². The van der Waals surface area contributed by atoms with Crippen molar-refractivity contribution < 1.29 is 9.30 Å². The molecule has 0 amide bonds. The largest absolute Gasteiger partial charge is 0.382 e. The van der Waals surface area contributed by atoms with E-state index in [0.717, 1.165) is 0 Å². The number of nitrogens with one attached hydrogen (secondary N) is 1. The summed E-state index contributed by atoms with van der Waals surface area (Å²) in [6, 6.07) is 0. The maximum atomic E-state index is 10.7. The average molecular weight is 239 g/mol. The van der Waals surface area contributed by atoms with Crippen molar-refractivity contribution in [2.24, 2.45) is 0 Å². The lowest BCUT2D eigenvalue weighted by Gasteiger charge is -2.06. The number of nitrogens with two attached hydrogens (primary N) is 1. The van der Waals surface area contributed by atoms with Gasteiger partial charge in [-0.2, -0.15) is 0 Å². The molecule has 2 rings (SSSR count). The van der Waals surface area contributed by atoms with Gasteiger partial charge in [0.15, 0.2) is 19.9 Å². The number of hydrogen-bond donors (Lipinski definition) is 2. The molecule has 1 unspecified atom stereocenters. The first kappa shape index (κ1) is 10.9. The number of aromatic amines is 1. The Hall–Kier alpha value is -1.59. The summed E-state index contributed by atoms with van der Waals surface area (Å²) in [7, 11) is 1.37. The molecule has 2 aromatic rings. The predicted molar refractivity (Wildman–Crippen MR) is 58.2 cm³/mol. The number of nitrogen functional groups attached to an aromatic ring is 1. The van der Waals surface area contributed by atoms with E-state index in [2.05, 4.69) is 19.9 Å². The van der Waals surface area contributed by atoms with Gasteiger partial charge in [0.05, 0.1) is 6.33 Å². The Morgan fingerprint density at radius 2 is 2.44 bits per heavy atom. The van der Waals surface area contributed by atoms with Gasteiger partial charge in [0, 0.05) is 13.5 Å². The number of ether oxygens (including phenoxy) is 1. The zero-order valence-electron chi connectivity index (χ0n) is 8.54. The Kier molecular flexibility index (Phi) is 3.07. The summed E-state index contributed by atoms with van der Waals surface area (Å²) in [5, 5.41) is 0. The van der Waals surface area contributed by atoms with E-state index in [1.807, 2.05) is 0 Å². The number of rotatable bonds is 4. The highest BCUT2D eigenvalue weighted by Crippen LogP contribution is 2.16. The number of imidazole rings is 1. The second-order valence-corrected chi connectivity index (χ2v) is 3.91. The average Bonchev–Trinajstić information content (AvgIpc) is 2.74. The van der Waals surface area contributed by atoms with Crippen LogP contribution >= 0.6 is 8.46 Å². The van der Waals surface area contributed by atoms with Crippen LogP contribution in [0.15, 0.2) is 6.33 Å². The lowest BCUT2D eigenvalue weighted by Crippen LogP contribution is -2.10. The smallest absolute Gasteiger partial charge is 0.187 e. The second kappa shape index (κ2) is 4.51. The summed E-state index contributed by atoms with van der Waals surface area (Å²) < 4.78 is 15.7. The van der Waals surface area contributed by atoms with Crippen molar-refractivity contribution in [1.29, 1.82) is 0 Å². The minimum Gasteiger partial charge on any atom is -0.382 e. The molecule has 0 aliphatic heterocycles. The standard InChI is InChI=1S/C8H10N5O2P/c1-15-5(16-14)2-4-12-7(9)6-8(13-4)11-3-10-6/h3,5H,2H2,1H3,(H3,9,10,11,12,13). The maximum absolute atomic E-state index is 10.7. The third kappa shape index (κ3) is 2.00. The number of aromatic nitrogens is 4. The van der Waals surface area contributed by atoms with Crippen molar-refractivity contribution in [3.8, 4) is 0 Å². The molecule has 0 aliphatic carbocycles. The van der Waals surface area contributed by atoms with Crippen molar-refractivity contribution in [3.05, 3.63) is 12.2 Å². The summed E-state index contributed by atoms with van der Waals surface area (Å²) >= 11 is 0. The van der Waals surface area contributed by atoms with Crippen molar-refractivity contribution >= 4 is 25.4 Å². The van der Waals surface area contributed by atoms with Gasteiger partial charge in [0.2, 0.25) is 0 Å². The molecule has 0 fully saturated rings.